The van der Waals surface area contributed by atoms with Gasteiger partial charge in [-0.2, -0.15) is 5.10 Å². The number of methoxy groups -OCH3 is 1. The van der Waals surface area contributed by atoms with Crippen LogP contribution >= 0.6 is 15.9 Å². The van der Waals surface area contributed by atoms with E-state index in [0.717, 1.165) is 15.7 Å². The van der Waals surface area contributed by atoms with Crippen LogP contribution in [0.25, 0.3) is 11.3 Å². The van der Waals surface area contributed by atoms with Gasteiger partial charge in [0.1, 0.15) is 6.54 Å². The molecule has 174 valence electrons. The van der Waals surface area contributed by atoms with Crippen LogP contribution < -0.4 is 9.64 Å². The Morgan fingerprint density at radius 1 is 1.15 bits per heavy atom. The van der Waals surface area contributed by atoms with Crippen molar-refractivity contribution in [2.75, 3.05) is 38.2 Å². The van der Waals surface area contributed by atoms with Crippen molar-refractivity contribution in [2.24, 2.45) is 0 Å². The molecule has 0 bridgehead atoms. The number of aromatic nitrogens is 4. The fourth-order valence-corrected chi connectivity index (χ4v) is 4.04. The number of piperazine rings is 1. The lowest BCUT2D eigenvalue weighted by Gasteiger charge is -2.34. The Hall–Kier alpha value is -3.01. The van der Waals surface area contributed by atoms with Gasteiger partial charge >= 0.3 is 0 Å². The van der Waals surface area contributed by atoms with Crippen LogP contribution in [0.1, 0.15) is 25.5 Å². The number of benzene rings is 1. The molecule has 0 atom stereocenters. The molecule has 0 spiro atoms. The molecule has 0 saturated carbocycles. The zero-order chi connectivity index (χ0) is 23.5. The van der Waals surface area contributed by atoms with Gasteiger partial charge in [-0.15, -0.1) is 0 Å². The van der Waals surface area contributed by atoms with E-state index in [2.05, 4.69) is 49.7 Å². The molecular formula is C23H26BrFN6O2. The molecule has 1 fully saturated rings. The van der Waals surface area contributed by atoms with E-state index >= 15 is 0 Å². The first kappa shape index (κ1) is 23.2. The third kappa shape index (κ3) is 5.16. The predicted octanol–water partition coefficient (Wildman–Crippen LogP) is 3.72. The van der Waals surface area contributed by atoms with E-state index in [0.29, 0.717) is 37.8 Å². The van der Waals surface area contributed by atoms with Crippen LogP contribution in [0.2, 0.25) is 0 Å². The summed E-state index contributed by atoms with van der Waals surface area (Å²) in [5.41, 5.74) is 2.37. The molecule has 1 aromatic carbocycles. The molecule has 3 heterocycles. The Labute approximate surface area is 200 Å². The largest absolute Gasteiger partial charge is 0.494 e. The SMILES string of the molecule is COc1cc(-c2cc(C(C)C)n(CC(=O)N3CCN(c4ncc(Br)cn4)CC3)n2)ccc1F. The smallest absolute Gasteiger partial charge is 0.244 e. The van der Waals surface area contributed by atoms with Crippen LogP contribution in [0.5, 0.6) is 5.75 Å². The van der Waals surface area contributed by atoms with Gasteiger partial charge in [0, 0.05) is 49.8 Å². The van der Waals surface area contributed by atoms with Gasteiger partial charge in [-0.3, -0.25) is 9.48 Å². The van der Waals surface area contributed by atoms with E-state index in [1.165, 1.54) is 13.2 Å². The molecule has 1 amide bonds. The first-order valence-corrected chi connectivity index (χ1v) is 11.6. The van der Waals surface area contributed by atoms with Gasteiger partial charge in [-0.25, -0.2) is 14.4 Å². The van der Waals surface area contributed by atoms with Gasteiger partial charge in [0.05, 0.1) is 17.3 Å². The number of hydrogen-bond acceptors (Lipinski definition) is 6. The normalized spacial score (nSPS) is 14.1. The zero-order valence-corrected chi connectivity index (χ0v) is 20.4. The van der Waals surface area contributed by atoms with Crippen molar-refractivity contribution >= 4 is 27.8 Å². The van der Waals surface area contributed by atoms with Gasteiger partial charge in [0.15, 0.2) is 11.6 Å². The molecule has 4 rings (SSSR count). The maximum Gasteiger partial charge on any atom is 0.244 e. The Morgan fingerprint density at radius 2 is 1.85 bits per heavy atom. The highest BCUT2D eigenvalue weighted by atomic mass is 79.9. The summed E-state index contributed by atoms with van der Waals surface area (Å²) in [4.78, 5) is 25.7. The molecule has 1 aliphatic rings. The molecule has 0 radical (unpaired) electrons. The summed E-state index contributed by atoms with van der Waals surface area (Å²) in [6.45, 7) is 6.81. The lowest BCUT2D eigenvalue weighted by atomic mass is 10.1. The summed E-state index contributed by atoms with van der Waals surface area (Å²) < 4.78 is 21.5. The zero-order valence-electron chi connectivity index (χ0n) is 18.8. The number of hydrogen-bond donors (Lipinski definition) is 0. The molecule has 8 nitrogen and oxygen atoms in total. The van der Waals surface area contributed by atoms with Crippen molar-refractivity contribution in [3.05, 3.63) is 52.6 Å². The van der Waals surface area contributed by atoms with E-state index in [4.69, 9.17) is 4.74 Å². The summed E-state index contributed by atoms with van der Waals surface area (Å²) in [7, 11) is 1.43. The first-order valence-electron chi connectivity index (χ1n) is 10.8. The van der Waals surface area contributed by atoms with Gasteiger partial charge in [0.2, 0.25) is 11.9 Å². The van der Waals surface area contributed by atoms with E-state index < -0.39 is 5.82 Å². The Balaban J connectivity index is 1.46. The second-order valence-electron chi connectivity index (χ2n) is 8.19. The van der Waals surface area contributed by atoms with Crippen molar-refractivity contribution in [1.82, 2.24) is 24.6 Å². The minimum absolute atomic E-state index is 0.0135. The second-order valence-corrected chi connectivity index (χ2v) is 9.10. The van der Waals surface area contributed by atoms with Crippen molar-refractivity contribution in [3.8, 4) is 17.0 Å². The lowest BCUT2D eigenvalue weighted by molar-refractivity contribution is -0.132. The highest BCUT2D eigenvalue weighted by Crippen LogP contribution is 2.28. The first-order chi connectivity index (χ1) is 15.9. The fraction of sp³-hybridized carbons (Fsp3) is 0.391. The number of ether oxygens (including phenoxy) is 1. The average molecular weight is 517 g/mol. The minimum Gasteiger partial charge on any atom is -0.494 e. The third-order valence-corrected chi connectivity index (χ3v) is 6.07. The van der Waals surface area contributed by atoms with Crippen LogP contribution in [0.4, 0.5) is 10.3 Å². The molecule has 0 unspecified atom stereocenters. The van der Waals surface area contributed by atoms with E-state index in [9.17, 15) is 9.18 Å². The van der Waals surface area contributed by atoms with Crippen molar-refractivity contribution in [1.29, 1.82) is 0 Å². The number of anilines is 1. The molecule has 3 aromatic rings. The standard InChI is InChI=1S/C23H26BrFN6O2/c1-15(2)20-11-19(16-4-5-18(25)21(10-16)33-3)28-31(20)14-22(32)29-6-8-30(9-7-29)23-26-12-17(24)13-27-23/h4-5,10-13,15H,6-9,14H2,1-3H3. The second kappa shape index (κ2) is 9.86. The van der Waals surface area contributed by atoms with E-state index in [-0.39, 0.29) is 24.1 Å². The number of carbonyl (C=O) groups excluding carboxylic acids is 1. The molecule has 1 saturated heterocycles. The lowest BCUT2D eigenvalue weighted by Crippen LogP contribution is -2.50. The molecule has 0 N–H and O–H groups in total. The summed E-state index contributed by atoms with van der Waals surface area (Å²) >= 11 is 3.34. The van der Waals surface area contributed by atoms with Gasteiger partial charge in [0.25, 0.3) is 0 Å². The molecule has 1 aliphatic heterocycles. The van der Waals surface area contributed by atoms with Crippen LogP contribution in [0, 0.1) is 5.82 Å². The van der Waals surface area contributed by atoms with E-state index in [1.54, 1.807) is 29.2 Å². The Morgan fingerprint density at radius 3 is 2.48 bits per heavy atom. The van der Waals surface area contributed by atoms with Crippen LogP contribution in [0.15, 0.2) is 41.1 Å². The Bertz CT molecular complexity index is 1130. The monoisotopic (exact) mass is 516 g/mol. The average Bonchev–Trinajstić information content (AvgIpc) is 3.24. The highest BCUT2D eigenvalue weighted by molar-refractivity contribution is 9.10. The van der Waals surface area contributed by atoms with Crippen molar-refractivity contribution in [3.63, 3.8) is 0 Å². The maximum absolute atomic E-state index is 13.8. The van der Waals surface area contributed by atoms with Crippen LogP contribution in [0.3, 0.4) is 0 Å². The maximum atomic E-state index is 13.8. The molecular weight excluding hydrogens is 491 g/mol. The summed E-state index contributed by atoms with van der Waals surface area (Å²) in [5, 5.41) is 4.67. The van der Waals surface area contributed by atoms with Gasteiger partial charge < -0.3 is 14.5 Å². The molecule has 2 aromatic heterocycles. The number of carbonyl (C=O) groups is 1. The fourth-order valence-electron chi connectivity index (χ4n) is 3.84. The van der Waals surface area contributed by atoms with Crippen molar-refractivity contribution in [2.45, 2.75) is 26.3 Å². The number of nitrogens with zero attached hydrogens (tertiary/aromatic N) is 6. The Kier molecular flexibility index (Phi) is 6.92. The van der Waals surface area contributed by atoms with Crippen molar-refractivity contribution < 1.29 is 13.9 Å². The molecule has 33 heavy (non-hydrogen) atoms. The van der Waals surface area contributed by atoms with E-state index in [1.807, 2.05) is 11.0 Å². The number of rotatable bonds is 6. The summed E-state index contributed by atoms with van der Waals surface area (Å²) in [5.74, 6) is 0.593. The predicted molar refractivity (Wildman–Crippen MR) is 127 cm³/mol. The topological polar surface area (TPSA) is 76.4 Å². The summed E-state index contributed by atoms with van der Waals surface area (Å²) in [6, 6.07) is 6.60. The van der Waals surface area contributed by atoms with Gasteiger partial charge in [-0.05, 0) is 46.1 Å². The van der Waals surface area contributed by atoms with Crippen LogP contribution in [-0.4, -0.2) is 63.8 Å². The minimum atomic E-state index is -0.423. The highest BCUT2D eigenvalue weighted by Gasteiger charge is 2.24. The quantitative estimate of drug-likeness (QED) is 0.496. The summed E-state index contributed by atoms with van der Waals surface area (Å²) in [6.07, 6.45) is 3.44. The molecule has 0 aliphatic carbocycles. The number of amides is 1. The van der Waals surface area contributed by atoms with Crippen LogP contribution in [-0.2, 0) is 11.3 Å². The van der Waals surface area contributed by atoms with Gasteiger partial charge in [-0.1, -0.05) is 13.8 Å². The number of halogens is 2. The molecule has 10 heteroatoms. The third-order valence-electron chi connectivity index (χ3n) is 5.66.